The summed E-state index contributed by atoms with van der Waals surface area (Å²) in [6.07, 6.45) is 2.29. The fourth-order valence-corrected chi connectivity index (χ4v) is 5.84. The van der Waals surface area contributed by atoms with Crippen LogP contribution >= 0.6 is 0 Å². The van der Waals surface area contributed by atoms with Crippen LogP contribution in [0.15, 0.2) is 164 Å². The fraction of sp³-hybridized carbons (Fsp3) is 0. The Morgan fingerprint density at radius 3 is 1.10 bits per heavy atom. The zero-order valence-corrected chi connectivity index (χ0v) is 22.2. The fourth-order valence-electron chi connectivity index (χ4n) is 5.84. The Morgan fingerprint density at radius 1 is 0.325 bits per heavy atom. The van der Waals surface area contributed by atoms with Gasteiger partial charge in [-0.25, -0.2) is 0 Å². The molecule has 0 heteroatoms. The van der Waals surface area contributed by atoms with Crippen molar-refractivity contribution in [3.63, 3.8) is 0 Å². The summed E-state index contributed by atoms with van der Waals surface area (Å²) < 4.78 is 0. The first-order valence-electron chi connectivity index (χ1n) is 13.8. The zero-order chi connectivity index (χ0) is 26.7. The van der Waals surface area contributed by atoms with Crippen LogP contribution in [0.1, 0.15) is 16.7 Å². The van der Waals surface area contributed by atoms with Crippen LogP contribution < -0.4 is 0 Å². The van der Waals surface area contributed by atoms with Crippen LogP contribution in [0.5, 0.6) is 0 Å². The maximum atomic E-state index is 2.29. The van der Waals surface area contributed by atoms with Gasteiger partial charge in [-0.15, -0.1) is 0 Å². The van der Waals surface area contributed by atoms with Crippen molar-refractivity contribution in [1.82, 2.24) is 0 Å². The van der Waals surface area contributed by atoms with Gasteiger partial charge in [-0.2, -0.15) is 0 Å². The predicted molar refractivity (Wildman–Crippen MR) is 172 cm³/mol. The third-order valence-electron chi connectivity index (χ3n) is 7.67. The first-order chi connectivity index (χ1) is 19.9. The maximum absolute atomic E-state index is 2.29. The average molecular weight is 509 g/mol. The van der Waals surface area contributed by atoms with E-state index in [0.29, 0.717) is 0 Å². The summed E-state index contributed by atoms with van der Waals surface area (Å²) in [7, 11) is 0. The molecule has 0 fully saturated rings. The molecule has 0 radical (unpaired) electrons. The highest BCUT2D eigenvalue weighted by atomic mass is 14.2. The minimum Gasteiger partial charge on any atom is -0.0622 e. The van der Waals surface area contributed by atoms with Gasteiger partial charge in [-0.1, -0.05) is 164 Å². The summed E-state index contributed by atoms with van der Waals surface area (Å²) >= 11 is 0. The smallest absolute Gasteiger partial charge is 0.00264 e. The lowest BCUT2D eigenvalue weighted by Gasteiger charge is -2.17. The van der Waals surface area contributed by atoms with Crippen molar-refractivity contribution < 1.29 is 0 Å². The molecule has 0 amide bonds. The Morgan fingerprint density at radius 2 is 0.675 bits per heavy atom. The van der Waals surface area contributed by atoms with Crippen LogP contribution in [0.3, 0.4) is 0 Å². The number of rotatable bonds is 5. The quantitative estimate of drug-likeness (QED) is 0.160. The zero-order valence-electron chi connectivity index (χ0n) is 22.2. The van der Waals surface area contributed by atoms with Crippen molar-refractivity contribution >= 4 is 33.2 Å². The van der Waals surface area contributed by atoms with Gasteiger partial charge in [-0.3, -0.25) is 0 Å². The first kappa shape index (κ1) is 23.9. The maximum Gasteiger partial charge on any atom is -0.00264 e. The first-order valence-corrected chi connectivity index (χ1v) is 13.8. The number of hydrogen-bond donors (Lipinski definition) is 0. The molecule has 7 aromatic rings. The second-order valence-electron chi connectivity index (χ2n) is 10.1. The lowest BCUT2D eigenvalue weighted by Crippen LogP contribution is -1.91. The van der Waals surface area contributed by atoms with E-state index in [1.54, 1.807) is 0 Å². The standard InChI is InChI=1S/C40H28/c1-4-14-30(15-5-1)38(31-16-6-2-7-17-31)28-29-24-26-33(27-25-29)40-36-22-12-10-20-34(36)39(32-18-8-3-9-19-32)35-21-11-13-23-37(35)40/h1-28H. The molecule has 0 saturated heterocycles. The summed E-state index contributed by atoms with van der Waals surface area (Å²) in [5.41, 5.74) is 9.88. The van der Waals surface area contributed by atoms with E-state index in [4.69, 9.17) is 0 Å². The van der Waals surface area contributed by atoms with E-state index in [2.05, 4.69) is 170 Å². The Hall–Kier alpha value is -5.20. The molecule has 0 aliphatic rings. The Kier molecular flexibility index (Phi) is 6.28. The number of hydrogen-bond acceptors (Lipinski definition) is 0. The molecule has 0 aromatic heterocycles. The van der Waals surface area contributed by atoms with E-state index in [1.165, 1.54) is 66.1 Å². The molecule has 0 unspecified atom stereocenters. The molecule has 7 aromatic carbocycles. The van der Waals surface area contributed by atoms with Crippen molar-refractivity contribution in [2.45, 2.75) is 0 Å². The van der Waals surface area contributed by atoms with Crippen LogP contribution in [-0.2, 0) is 0 Å². The SMILES string of the molecule is C(=C(c1ccccc1)c1ccccc1)c1ccc(-c2c3ccccc3c(-c3ccccc3)c3ccccc23)cc1. The van der Waals surface area contributed by atoms with Crippen LogP contribution in [0.2, 0.25) is 0 Å². The van der Waals surface area contributed by atoms with Gasteiger partial charge in [0.15, 0.2) is 0 Å². The lowest BCUT2D eigenvalue weighted by atomic mass is 9.86. The molecular formula is C40H28. The van der Waals surface area contributed by atoms with E-state index in [-0.39, 0.29) is 0 Å². The second kappa shape index (κ2) is 10.5. The highest BCUT2D eigenvalue weighted by Crippen LogP contribution is 2.43. The molecule has 0 atom stereocenters. The van der Waals surface area contributed by atoms with E-state index >= 15 is 0 Å². The molecule has 40 heavy (non-hydrogen) atoms. The highest BCUT2D eigenvalue weighted by molar-refractivity contribution is 6.21. The largest absolute Gasteiger partial charge is 0.0622 e. The molecular weight excluding hydrogens is 480 g/mol. The van der Waals surface area contributed by atoms with Crippen molar-refractivity contribution in [2.75, 3.05) is 0 Å². The third kappa shape index (κ3) is 4.40. The average Bonchev–Trinajstić information content (AvgIpc) is 3.04. The minimum absolute atomic E-state index is 1.18. The lowest BCUT2D eigenvalue weighted by molar-refractivity contribution is 1.55. The Labute approximate surface area is 235 Å². The Bertz CT molecular complexity index is 1850. The van der Waals surface area contributed by atoms with Crippen molar-refractivity contribution in [1.29, 1.82) is 0 Å². The predicted octanol–water partition coefficient (Wildman–Crippen LogP) is 10.9. The summed E-state index contributed by atoms with van der Waals surface area (Å²) in [4.78, 5) is 0. The second-order valence-corrected chi connectivity index (χ2v) is 10.1. The molecule has 0 aliphatic carbocycles. The highest BCUT2D eigenvalue weighted by Gasteiger charge is 2.16. The van der Waals surface area contributed by atoms with Gasteiger partial charge in [0.1, 0.15) is 0 Å². The number of fused-ring (bicyclic) bond motifs is 2. The van der Waals surface area contributed by atoms with Gasteiger partial charge in [0, 0.05) is 0 Å². The van der Waals surface area contributed by atoms with Gasteiger partial charge in [0.25, 0.3) is 0 Å². The monoisotopic (exact) mass is 508 g/mol. The van der Waals surface area contributed by atoms with Gasteiger partial charge in [0.2, 0.25) is 0 Å². The van der Waals surface area contributed by atoms with E-state index in [1.807, 2.05) is 0 Å². The van der Waals surface area contributed by atoms with Gasteiger partial charge in [-0.05, 0) is 72.1 Å². The van der Waals surface area contributed by atoms with Crippen molar-refractivity contribution in [3.05, 3.63) is 180 Å². The topological polar surface area (TPSA) is 0 Å². The van der Waals surface area contributed by atoms with Crippen LogP contribution in [0, 0.1) is 0 Å². The van der Waals surface area contributed by atoms with E-state index in [9.17, 15) is 0 Å². The van der Waals surface area contributed by atoms with Gasteiger partial charge >= 0.3 is 0 Å². The molecule has 0 spiro atoms. The van der Waals surface area contributed by atoms with Crippen LogP contribution in [0.4, 0.5) is 0 Å². The normalized spacial score (nSPS) is 11.0. The molecule has 0 nitrogen and oxygen atoms in total. The summed E-state index contributed by atoms with van der Waals surface area (Å²) in [6.45, 7) is 0. The molecule has 0 saturated carbocycles. The van der Waals surface area contributed by atoms with E-state index in [0.717, 1.165) is 0 Å². The summed E-state index contributed by atoms with van der Waals surface area (Å²) in [5, 5.41) is 5.11. The van der Waals surface area contributed by atoms with Crippen molar-refractivity contribution in [3.8, 4) is 22.3 Å². The summed E-state index contributed by atoms with van der Waals surface area (Å²) in [6, 6.07) is 58.7. The molecule has 188 valence electrons. The van der Waals surface area contributed by atoms with Crippen molar-refractivity contribution in [2.24, 2.45) is 0 Å². The molecule has 7 rings (SSSR count). The number of benzene rings is 7. The summed E-state index contributed by atoms with van der Waals surface area (Å²) in [5.74, 6) is 0. The van der Waals surface area contributed by atoms with Crippen LogP contribution in [0.25, 0.3) is 55.4 Å². The van der Waals surface area contributed by atoms with Gasteiger partial charge in [0.05, 0.1) is 0 Å². The van der Waals surface area contributed by atoms with Crippen LogP contribution in [-0.4, -0.2) is 0 Å². The molecule has 0 N–H and O–H groups in total. The van der Waals surface area contributed by atoms with Gasteiger partial charge < -0.3 is 0 Å². The Balaban J connectivity index is 1.40. The third-order valence-corrected chi connectivity index (χ3v) is 7.67. The minimum atomic E-state index is 1.18. The van der Waals surface area contributed by atoms with E-state index < -0.39 is 0 Å². The molecule has 0 heterocycles. The molecule has 0 bridgehead atoms. The molecule has 0 aliphatic heterocycles.